The maximum atomic E-state index is 3.72. The van der Waals surface area contributed by atoms with Gasteiger partial charge in [-0.3, -0.25) is 0 Å². The predicted octanol–water partition coefficient (Wildman–Crippen LogP) is 9.01. The van der Waals surface area contributed by atoms with Crippen LogP contribution < -0.4 is 0 Å². The zero-order valence-electron chi connectivity index (χ0n) is 20.4. The first kappa shape index (κ1) is 27.2. The molecule has 0 radical (unpaired) electrons. The fraction of sp³-hybridized carbons (Fsp3) is 0.267. The number of rotatable bonds is 13. The molecular weight excluding hydrogens is 406 g/mol. The third-order valence-corrected chi connectivity index (χ3v) is 5.96. The Hall–Kier alpha value is -2.84. The monoisotopic (exact) mass is 445 g/mol. The number of hydrogen-bond donors (Lipinski definition) is 0. The lowest BCUT2D eigenvalue weighted by Crippen LogP contribution is -2.10. The molecule has 0 fully saturated rings. The summed E-state index contributed by atoms with van der Waals surface area (Å²) in [5.41, 5.74) is 2.48. The average molecular weight is 446 g/mol. The SMILES string of the molecule is C=C/C=C/c1ccc(/C(C)=C/C=C\C=C/N(C)C/C=C(\C=C/C)/C=C\C=C/C(C)CC)s1. The molecule has 170 valence electrons. The van der Waals surface area contributed by atoms with Gasteiger partial charge in [-0.1, -0.05) is 99.8 Å². The third kappa shape index (κ3) is 12.1. The summed E-state index contributed by atoms with van der Waals surface area (Å²) in [4.78, 5) is 4.70. The highest BCUT2D eigenvalue weighted by atomic mass is 32.1. The van der Waals surface area contributed by atoms with E-state index in [0.29, 0.717) is 5.92 Å². The molecule has 0 spiro atoms. The van der Waals surface area contributed by atoms with Crippen LogP contribution in [0.15, 0.2) is 109 Å². The van der Waals surface area contributed by atoms with Crippen LogP contribution in [-0.4, -0.2) is 18.5 Å². The molecule has 0 aliphatic rings. The molecule has 1 rings (SSSR count). The first-order chi connectivity index (χ1) is 15.5. The standard InChI is InChI=1S/C30H39NS/c1-7-10-20-29-21-22-30(32-29)27(5)18-12-11-15-24-31(6)25-23-28(16-8-2)19-14-13-17-26(4)9-3/h7-8,10-24,26H,1,9,25H2,2-6H3/b12-11-,16-8-,17-13-,19-14-,20-10+,24-15-,27-18+,28-23+. The molecule has 0 amide bonds. The van der Waals surface area contributed by atoms with E-state index in [0.717, 1.165) is 6.54 Å². The highest BCUT2D eigenvalue weighted by Crippen LogP contribution is 2.25. The highest BCUT2D eigenvalue weighted by Gasteiger charge is 1.98. The van der Waals surface area contributed by atoms with Crippen molar-refractivity contribution in [2.75, 3.05) is 13.6 Å². The first-order valence-corrected chi connectivity index (χ1v) is 12.1. The van der Waals surface area contributed by atoms with Crippen molar-refractivity contribution in [2.45, 2.75) is 34.1 Å². The maximum absolute atomic E-state index is 3.72. The lowest BCUT2D eigenvalue weighted by Gasteiger charge is -2.10. The molecule has 32 heavy (non-hydrogen) atoms. The quantitative estimate of drug-likeness (QED) is 0.274. The molecule has 1 nitrogen and oxygen atoms in total. The van der Waals surface area contributed by atoms with E-state index in [1.807, 2.05) is 6.08 Å². The van der Waals surface area contributed by atoms with E-state index in [9.17, 15) is 0 Å². The molecule has 0 bridgehead atoms. The van der Waals surface area contributed by atoms with Crippen molar-refractivity contribution < 1.29 is 0 Å². The molecule has 0 aromatic carbocycles. The number of hydrogen-bond acceptors (Lipinski definition) is 2. The molecule has 1 heterocycles. The van der Waals surface area contributed by atoms with Crippen molar-refractivity contribution in [1.29, 1.82) is 0 Å². The maximum Gasteiger partial charge on any atom is 0.0359 e. The Bertz CT molecular complexity index is 912. The summed E-state index contributed by atoms with van der Waals surface area (Å²) in [7, 11) is 2.09. The number of allylic oxidation sites excluding steroid dienone is 14. The number of likely N-dealkylation sites (N-methyl/N-ethyl adjacent to an activating group) is 1. The van der Waals surface area contributed by atoms with Crippen molar-refractivity contribution in [1.82, 2.24) is 4.90 Å². The predicted molar refractivity (Wildman–Crippen MR) is 149 cm³/mol. The Kier molecular flexibility index (Phi) is 14.3. The van der Waals surface area contributed by atoms with E-state index in [1.54, 1.807) is 17.4 Å². The van der Waals surface area contributed by atoms with E-state index < -0.39 is 0 Å². The van der Waals surface area contributed by atoms with Crippen LogP contribution in [0.3, 0.4) is 0 Å². The van der Waals surface area contributed by atoms with Gasteiger partial charge in [-0.15, -0.1) is 11.3 Å². The molecule has 0 saturated carbocycles. The van der Waals surface area contributed by atoms with E-state index in [4.69, 9.17) is 0 Å². The Morgan fingerprint density at radius 3 is 2.62 bits per heavy atom. The molecule has 1 unspecified atom stereocenters. The molecule has 2 heteroatoms. The molecule has 1 aromatic heterocycles. The van der Waals surface area contributed by atoms with Crippen molar-refractivity contribution in [3.05, 3.63) is 119 Å². The van der Waals surface area contributed by atoms with Gasteiger partial charge in [-0.2, -0.15) is 0 Å². The van der Waals surface area contributed by atoms with Gasteiger partial charge in [-0.25, -0.2) is 0 Å². The van der Waals surface area contributed by atoms with E-state index >= 15 is 0 Å². The van der Waals surface area contributed by atoms with E-state index in [1.165, 1.54) is 27.3 Å². The van der Waals surface area contributed by atoms with Crippen molar-refractivity contribution in [3.8, 4) is 0 Å². The average Bonchev–Trinajstić information content (AvgIpc) is 3.27. The molecule has 0 aliphatic carbocycles. The summed E-state index contributed by atoms with van der Waals surface area (Å²) in [6.45, 7) is 13.2. The lowest BCUT2D eigenvalue weighted by atomic mass is 10.1. The molecule has 1 atom stereocenters. The van der Waals surface area contributed by atoms with Crippen LogP contribution in [0.4, 0.5) is 0 Å². The second-order valence-electron chi connectivity index (χ2n) is 7.65. The minimum atomic E-state index is 0.624. The van der Waals surface area contributed by atoms with Crippen LogP contribution in [-0.2, 0) is 0 Å². The van der Waals surface area contributed by atoms with Crippen LogP contribution in [0.2, 0.25) is 0 Å². The normalized spacial score (nSPS) is 14.9. The van der Waals surface area contributed by atoms with Crippen LogP contribution in [0.25, 0.3) is 11.6 Å². The molecule has 0 N–H and O–H groups in total. The Balaban J connectivity index is 2.60. The smallest absolute Gasteiger partial charge is 0.0359 e. The van der Waals surface area contributed by atoms with Gasteiger partial charge in [0.2, 0.25) is 0 Å². The minimum Gasteiger partial charge on any atom is -0.377 e. The molecule has 1 aromatic rings. The van der Waals surface area contributed by atoms with Crippen LogP contribution >= 0.6 is 11.3 Å². The Morgan fingerprint density at radius 1 is 1.09 bits per heavy atom. The summed E-state index contributed by atoms with van der Waals surface area (Å²) < 4.78 is 0. The van der Waals surface area contributed by atoms with Crippen LogP contribution in [0.1, 0.15) is 43.9 Å². The number of nitrogens with zero attached hydrogens (tertiary/aromatic N) is 1. The Labute approximate surface area is 200 Å². The zero-order chi connectivity index (χ0) is 23.6. The van der Waals surface area contributed by atoms with E-state index in [-0.39, 0.29) is 0 Å². The molecule has 0 saturated heterocycles. The van der Waals surface area contributed by atoms with Crippen LogP contribution in [0, 0.1) is 5.92 Å². The van der Waals surface area contributed by atoms with Crippen molar-refractivity contribution in [2.24, 2.45) is 5.92 Å². The van der Waals surface area contributed by atoms with Gasteiger partial charge in [0.1, 0.15) is 0 Å². The van der Waals surface area contributed by atoms with Gasteiger partial charge < -0.3 is 4.90 Å². The third-order valence-electron chi connectivity index (χ3n) is 4.78. The molecule has 0 aliphatic heterocycles. The highest BCUT2D eigenvalue weighted by molar-refractivity contribution is 7.14. The fourth-order valence-electron chi connectivity index (χ4n) is 2.61. The Morgan fingerprint density at radius 2 is 1.91 bits per heavy atom. The number of thiophene rings is 1. The van der Waals surface area contributed by atoms with Gasteiger partial charge in [0, 0.05) is 23.3 Å². The van der Waals surface area contributed by atoms with Crippen molar-refractivity contribution >= 4 is 23.0 Å². The summed E-state index contributed by atoms with van der Waals surface area (Å²) in [5, 5.41) is 0. The van der Waals surface area contributed by atoms with Gasteiger partial charge >= 0.3 is 0 Å². The minimum absolute atomic E-state index is 0.624. The fourth-order valence-corrected chi connectivity index (χ4v) is 3.51. The summed E-state index contributed by atoms with van der Waals surface area (Å²) in [6.07, 6.45) is 32.6. The zero-order valence-corrected chi connectivity index (χ0v) is 21.2. The summed E-state index contributed by atoms with van der Waals surface area (Å²) >= 11 is 1.79. The van der Waals surface area contributed by atoms with Gasteiger partial charge in [-0.05, 0) is 61.4 Å². The van der Waals surface area contributed by atoms with Crippen LogP contribution in [0.5, 0.6) is 0 Å². The molecular formula is C30H39NS. The van der Waals surface area contributed by atoms with Crippen molar-refractivity contribution in [3.63, 3.8) is 0 Å². The second-order valence-corrected chi connectivity index (χ2v) is 8.76. The first-order valence-electron chi connectivity index (χ1n) is 11.3. The van der Waals surface area contributed by atoms with Gasteiger partial charge in [0.05, 0.1) is 0 Å². The second kappa shape index (κ2) is 16.8. The van der Waals surface area contributed by atoms with E-state index in [2.05, 4.69) is 137 Å². The largest absolute Gasteiger partial charge is 0.377 e. The summed E-state index contributed by atoms with van der Waals surface area (Å²) in [6, 6.07) is 4.31. The lowest BCUT2D eigenvalue weighted by molar-refractivity contribution is 0.509. The summed E-state index contributed by atoms with van der Waals surface area (Å²) in [5.74, 6) is 0.624. The topological polar surface area (TPSA) is 3.24 Å². The van der Waals surface area contributed by atoms with Gasteiger partial charge in [0.25, 0.3) is 0 Å². The van der Waals surface area contributed by atoms with Gasteiger partial charge in [0.15, 0.2) is 0 Å².